The highest BCUT2D eigenvalue weighted by Gasteiger charge is 2.45. The topological polar surface area (TPSA) is 156 Å². The highest BCUT2D eigenvalue weighted by molar-refractivity contribution is 7.15. The number of carbonyl (C=O) groups is 1. The van der Waals surface area contributed by atoms with Gasteiger partial charge in [0.15, 0.2) is 5.78 Å². The van der Waals surface area contributed by atoms with E-state index in [0.717, 1.165) is 11.3 Å². The Kier molecular flexibility index (Phi) is 5.49. The fraction of sp³-hybridized carbons (Fsp3) is 0.304. The summed E-state index contributed by atoms with van der Waals surface area (Å²) in [6, 6.07) is 9.36. The molecular formula is C23H21N5O5S. The molecule has 0 saturated carbocycles. The van der Waals surface area contributed by atoms with E-state index >= 15 is 0 Å². The molecule has 34 heavy (non-hydrogen) atoms. The van der Waals surface area contributed by atoms with Crippen LogP contribution in [0, 0.1) is 43.9 Å². The van der Waals surface area contributed by atoms with Gasteiger partial charge in [0.1, 0.15) is 5.82 Å². The Morgan fingerprint density at radius 3 is 2.44 bits per heavy atom. The van der Waals surface area contributed by atoms with E-state index in [1.54, 1.807) is 24.0 Å². The molecule has 0 bridgehead atoms. The van der Waals surface area contributed by atoms with Gasteiger partial charge in [-0.1, -0.05) is 25.2 Å². The third-order valence-electron chi connectivity index (χ3n) is 6.09. The molecular weight excluding hydrogens is 458 g/mol. The molecule has 1 aromatic heterocycles. The van der Waals surface area contributed by atoms with Gasteiger partial charge in [-0.05, 0) is 36.5 Å². The maximum Gasteiger partial charge on any atom is 0.324 e. The molecule has 10 nitrogen and oxygen atoms in total. The summed E-state index contributed by atoms with van der Waals surface area (Å²) in [7, 11) is 0. The van der Waals surface area contributed by atoms with Crippen molar-refractivity contribution in [2.75, 3.05) is 4.90 Å². The molecule has 0 fully saturated rings. The number of benzene rings is 1. The summed E-state index contributed by atoms with van der Waals surface area (Å²) in [6.07, 6.45) is 0.718. The van der Waals surface area contributed by atoms with Crippen molar-refractivity contribution in [3.05, 3.63) is 83.7 Å². The Hall–Kier alpha value is -4.04. The number of hydrogen-bond acceptors (Lipinski definition) is 9. The average molecular weight is 480 g/mol. The van der Waals surface area contributed by atoms with Crippen LogP contribution in [0.3, 0.4) is 0 Å². The van der Waals surface area contributed by atoms with E-state index in [2.05, 4.69) is 6.07 Å². The van der Waals surface area contributed by atoms with Gasteiger partial charge in [0.2, 0.25) is 0 Å². The number of nitro benzene ring substituents is 1. The second kappa shape index (κ2) is 8.07. The Balaban J connectivity index is 1.99. The van der Waals surface area contributed by atoms with Crippen LogP contribution in [0.15, 0.2) is 53.0 Å². The molecule has 2 heterocycles. The molecule has 2 aliphatic rings. The molecule has 0 amide bonds. The zero-order valence-electron chi connectivity index (χ0n) is 18.7. The van der Waals surface area contributed by atoms with Crippen LogP contribution in [-0.4, -0.2) is 15.6 Å². The summed E-state index contributed by atoms with van der Waals surface area (Å²) >= 11 is 0.912. The van der Waals surface area contributed by atoms with E-state index in [-0.39, 0.29) is 39.7 Å². The first kappa shape index (κ1) is 23.1. The van der Waals surface area contributed by atoms with Gasteiger partial charge in [0.25, 0.3) is 5.69 Å². The first-order chi connectivity index (χ1) is 15.9. The predicted octanol–water partition coefficient (Wildman–Crippen LogP) is 4.81. The van der Waals surface area contributed by atoms with Crippen LogP contribution in [0.2, 0.25) is 0 Å². The molecule has 174 valence electrons. The number of aryl methyl sites for hydroxylation is 1. The number of thiophene rings is 1. The summed E-state index contributed by atoms with van der Waals surface area (Å²) in [6.45, 7) is 5.62. The van der Waals surface area contributed by atoms with E-state index < -0.39 is 15.8 Å². The summed E-state index contributed by atoms with van der Waals surface area (Å²) < 4.78 is 0. The summed E-state index contributed by atoms with van der Waals surface area (Å²) in [5, 5.41) is 32.5. The number of nitro groups is 2. The maximum atomic E-state index is 13.5. The fourth-order valence-electron chi connectivity index (χ4n) is 4.67. The fourth-order valence-corrected chi connectivity index (χ4v) is 5.61. The van der Waals surface area contributed by atoms with Crippen molar-refractivity contribution >= 4 is 33.5 Å². The summed E-state index contributed by atoms with van der Waals surface area (Å²) in [4.78, 5) is 37.1. The van der Waals surface area contributed by atoms with Gasteiger partial charge >= 0.3 is 5.00 Å². The third-order valence-corrected chi connectivity index (χ3v) is 7.19. The van der Waals surface area contributed by atoms with Crippen LogP contribution < -0.4 is 10.6 Å². The van der Waals surface area contributed by atoms with Gasteiger partial charge in [-0.15, -0.1) is 0 Å². The standard InChI is InChI=1S/C23H21N5O5S/c1-12-8-13(27(30)31)4-5-15(12)26-16-9-23(2,3)10-17(29)21(16)20(14(11-24)22(26)25)18-6-7-19(34-18)28(32)33/h4-8,20H,9-10,25H2,1-3H3. The van der Waals surface area contributed by atoms with E-state index in [0.29, 0.717) is 33.8 Å². The molecule has 1 aliphatic heterocycles. The highest BCUT2D eigenvalue weighted by Crippen LogP contribution is 2.52. The van der Waals surface area contributed by atoms with Gasteiger partial charge in [-0.3, -0.25) is 29.9 Å². The first-order valence-corrected chi connectivity index (χ1v) is 11.2. The number of rotatable bonds is 4. The molecule has 0 saturated heterocycles. The lowest BCUT2D eigenvalue weighted by molar-refractivity contribution is -0.384. The molecule has 11 heteroatoms. The number of hydrogen-bond donors (Lipinski definition) is 1. The predicted molar refractivity (Wildman–Crippen MR) is 126 cm³/mol. The number of carbonyl (C=O) groups excluding carboxylic acids is 1. The van der Waals surface area contributed by atoms with Crippen LogP contribution in [-0.2, 0) is 4.79 Å². The molecule has 1 aliphatic carbocycles. The Labute approximate surface area is 198 Å². The number of nitriles is 1. The number of ketones is 1. The maximum absolute atomic E-state index is 13.5. The van der Waals surface area contributed by atoms with Crippen molar-refractivity contribution in [2.45, 2.75) is 39.5 Å². The molecule has 1 unspecified atom stereocenters. The normalized spacial score (nSPS) is 19.6. The number of non-ortho nitro benzene ring substituents is 1. The minimum atomic E-state index is -0.808. The lowest BCUT2D eigenvalue weighted by atomic mass is 9.69. The lowest BCUT2D eigenvalue weighted by Gasteiger charge is -2.43. The number of Topliss-reactive ketones (excluding diaryl/α,β-unsaturated/α-hetero) is 1. The van der Waals surface area contributed by atoms with E-state index in [4.69, 9.17) is 5.73 Å². The van der Waals surface area contributed by atoms with Gasteiger partial charge in [-0.25, -0.2) is 0 Å². The van der Waals surface area contributed by atoms with Crippen LogP contribution >= 0.6 is 11.3 Å². The molecule has 0 spiro atoms. The Morgan fingerprint density at radius 1 is 1.18 bits per heavy atom. The van der Waals surface area contributed by atoms with Crippen LogP contribution in [0.25, 0.3) is 0 Å². The van der Waals surface area contributed by atoms with Crippen molar-refractivity contribution in [2.24, 2.45) is 11.1 Å². The zero-order chi connectivity index (χ0) is 24.9. The van der Waals surface area contributed by atoms with Crippen LogP contribution in [0.5, 0.6) is 0 Å². The smallest absolute Gasteiger partial charge is 0.324 e. The quantitative estimate of drug-likeness (QED) is 0.483. The number of nitrogens with two attached hydrogens (primary N) is 1. The minimum Gasteiger partial charge on any atom is -0.384 e. The van der Waals surface area contributed by atoms with Gasteiger partial charge < -0.3 is 5.73 Å². The number of allylic oxidation sites excluding steroid dienone is 3. The van der Waals surface area contributed by atoms with Crippen molar-refractivity contribution in [1.29, 1.82) is 5.26 Å². The van der Waals surface area contributed by atoms with Gasteiger partial charge in [0, 0.05) is 40.8 Å². The van der Waals surface area contributed by atoms with Crippen LogP contribution in [0.4, 0.5) is 16.4 Å². The highest BCUT2D eigenvalue weighted by atomic mass is 32.1. The third kappa shape index (κ3) is 3.72. The van der Waals surface area contributed by atoms with Crippen molar-refractivity contribution in [3.63, 3.8) is 0 Å². The van der Waals surface area contributed by atoms with Crippen molar-refractivity contribution in [3.8, 4) is 6.07 Å². The zero-order valence-corrected chi connectivity index (χ0v) is 19.5. The Morgan fingerprint density at radius 2 is 1.88 bits per heavy atom. The lowest BCUT2D eigenvalue weighted by Crippen LogP contribution is -2.42. The molecule has 2 aromatic rings. The van der Waals surface area contributed by atoms with E-state index in [1.807, 2.05) is 13.8 Å². The number of anilines is 1. The van der Waals surface area contributed by atoms with Crippen LogP contribution in [0.1, 0.15) is 43.0 Å². The summed E-state index contributed by atoms with van der Waals surface area (Å²) in [5.74, 6) is -0.862. The second-order valence-electron chi connectivity index (χ2n) is 9.14. The molecule has 1 atom stereocenters. The minimum absolute atomic E-state index is 0.0839. The monoisotopic (exact) mass is 479 g/mol. The van der Waals surface area contributed by atoms with Gasteiger partial charge in [-0.2, -0.15) is 5.26 Å². The number of nitrogens with zero attached hydrogens (tertiary/aromatic N) is 4. The van der Waals surface area contributed by atoms with Crippen molar-refractivity contribution < 1.29 is 14.6 Å². The molecule has 1 aromatic carbocycles. The SMILES string of the molecule is Cc1cc([N+](=O)[O-])ccc1N1C(N)=C(C#N)C(c2ccc([N+](=O)[O-])s2)C2=C1CC(C)(C)CC2=O. The van der Waals surface area contributed by atoms with Crippen molar-refractivity contribution in [1.82, 2.24) is 0 Å². The molecule has 4 rings (SSSR count). The first-order valence-electron chi connectivity index (χ1n) is 10.4. The average Bonchev–Trinajstić information content (AvgIpc) is 3.23. The molecule has 0 radical (unpaired) electrons. The van der Waals surface area contributed by atoms with E-state index in [9.17, 15) is 30.3 Å². The largest absolute Gasteiger partial charge is 0.384 e. The second-order valence-corrected chi connectivity index (χ2v) is 10.2. The summed E-state index contributed by atoms with van der Waals surface area (Å²) in [5.41, 5.74) is 8.27. The van der Waals surface area contributed by atoms with Gasteiger partial charge in [0.05, 0.1) is 33.1 Å². The van der Waals surface area contributed by atoms with E-state index in [1.165, 1.54) is 18.2 Å². The molecule has 2 N–H and O–H groups in total. The Bertz CT molecular complexity index is 1360.